The number of rotatable bonds is 5. The van der Waals surface area contributed by atoms with Crippen molar-refractivity contribution < 1.29 is 9.84 Å². The Hall–Kier alpha value is -0.860. The Kier molecular flexibility index (Phi) is 4.30. The van der Waals surface area contributed by atoms with Crippen LogP contribution in [0.15, 0.2) is 24.3 Å². The number of aliphatic hydroxyl groups is 1. The summed E-state index contributed by atoms with van der Waals surface area (Å²) in [5.41, 5.74) is 1.80. The molecule has 0 saturated heterocycles. The van der Waals surface area contributed by atoms with Crippen LogP contribution in [0, 0.1) is 6.92 Å². The van der Waals surface area contributed by atoms with Crippen molar-refractivity contribution in [2.45, 2.75) is 39.4 Å². The predicted octanol–water partition coefficient (Wildman–Crippen LogP) is 2.67. The van der Waals surface area contributed by atoms with E-state index in [1.807, 2.05) is 0 Å². The number of hydrogen-bond acceptors (Lipinski definition) is 2. The van der Waals surface area contributed by atoms with Crippen LogP contribution in [0.4, 0.5) is 0 Å². The molecule has 15 heavy (non-hydrogen) atoms. The van der Waals surface area contributed by atoms with Gasteiger partial charge < -0.3 is 9.84 Å². The van der Waals surface area contributed by atoms with E-state index in [2.05, 4.69) is 31.2 Å². The van der Waals surface area contributed by atoms with E-state index in [4.69, 9.17) is 4.74 Å². The van der Waals surface area contributed by atoms with Crippen molar-refractivity contribution in [3.05, 3.63) is 35.4 Å². The lowest BCUT2D eigenvalue weighted by molar-refractivity contribution is 0.0237. The molecule has 0 atom stereocenters. The van der Waals surface area contributed by atoms with Crippen LogP contribution in [0.25, 0.3) is 0 Å². The van der Waals surface area contributed by atoms with Gasteiger partial charge in [0.1, 0.15) is 0 Å². The van der Waals surface area contributed by atoms with E-state index in [9.17, 15) is 5.11 Å². The Balaban J connectivity index is 2.23. The van der Waals surface area contributed by atoms with Crippen molar-refractivity contribution in [3.63, 3.8) is 0 Å². The highest BCUT2D eigenvalue weighted by Gasteiger charge is 2.11. The van der Waals surface area contributed by atoms with E-state index in [-0.39, 0.29) is 0 Å². The molecule has 0 amide bonds. The van der Waals surface area contributed by atoms with Gasteiger partial charge >= 0.3 is 0 Å². The molecule has 0 radical (unpaired) electrons. The van der Waals surface area contributed by atoms with Crippen molar-refractivity contribution in [2.75, 3.05) is 6.61 Å². The van der Waals surface area contributed by atoms with Crippen LogP contribution in [0.5, 0.6) is 0 Å². The molecular weight excluding hydrogens is 188 g/mol. The zero-order valence-corrected chi connectivity index (χ0v) is 9.79. The van der Waals surface area contributed by atoms with E-state index in [1.165, 1.54) is 11.1 Å². The summed E-state index contributed by atoms with van der Waals surface area (Å²) in [6.45, 7) is 6.87. The molecule has 1 rings (SSSR count). The van der Waals surface area contributed by atoms with E-state index < -0.39 is 5.60 Å². The fraction of sp³-hybridized carbons (Fsp3) is 0.538. The summed E-state index contributed by atoms with van der Waals surface area (Å²) >= 11 is 0. The van der Waals surface area contributed by atoms with Gasteiger partial charge in [-0.1, -0.05) is 29.8 Å². The minimum Gasteiger partial charge on any atom is -0.390 e. The third kappa shape index (κ3) is 5.55. The highest BCUT2D eigenvalue weighted by Crippen LogP contribution is 2.09. The third-order valence-electron chi connectivity index (χ3n) is 2.25. The van der Waals surface area contributed by atoms with Crippen LogP contribution in [-0.4, -0.2) is 17.3 Å². The number of benzene rings is 1. The van der Waals surface area contributed by atoms with Gasteiger partial charge in [-0.15, -0.1) is 0 Å². The van der Waals surface area contributed by atoms with Crippen LogP contribution < -0.4 is 0 Å². The molecule has 2 nitrogen and oxygen atoms in total. The van der Waals surface area contributed by atoms with Gasteiger partial charge in [0, 0.05) is 6.61 Å². The third-order valence-corrected chi connectivity index (χ3v) is 2.25. The Bertz CT molecular complexity index is 282. The minimum atomic E-state index is -0.632. The normalized spacial score (nSPS) is 11.7. The summed E-state index contributed by atoms with van der Waals surface area (Å²) in [5, 5.41) is 9.47. The second kappa shape index (κ2) is 5.29. The van der Waals surface area contributed by atoms with Crippen LogP contribution in [0.3, 0.4) is 0 Å². The first-order chi connectivity index (χ1) is 6.97. The molecule has 0 saturated carbocycles. The second-order valence-electron chi connectivity index (χ2n) is 4.60. The van der Waals surface area contributed by atoms with Gasteiger partial charge in [-0.2, -0.15) is 0 Å². The molecule has 0 fully saturated rings. The van der Waals surface area contributed by atoms with Crippen molar-refractivity contribution >= 4 is 0 Å². The lowest BCUT2D eigenvalue weighted by Crippen LogP contribution is -2.20. The maximum Gasteiger partial charge on any atom is 0.0716 e. The van der Waals surface area contributed by atoms with Gasteiger partial charge in [0.05, 0.1) is 12.2 Å². The Morgan fingerprint density at radius 2 is 1.80 bits per heavy atom. The molecule has 0 aliphatic carbocycles. The standard InChI is InChI=1S/C13H20O2/c1-11-4-6-12(7-5-11)10-15-9-8-13(2,3)14/h4-7,14H,8-10H2,1-3H3. The smallest absolute Gasteiger partial charge is 0.0716 e. The molecule has 1 aromatic rings. The predicted molar refractivity (Wildman–Crippen MR) is 61.7 cm³/mol. The zero-order valence-electron chi connectivity index (χ0n) is 9.79. The quantitative estimate of drug-likeness (QED) is 0.754. The first-order valence-electron chi connectivity index (χ1n) is 5.33. The summed E-state index contributed by atoms with van der Waals surface area (Å²) in [5.74, 6) is 0. The van der Waals surface area contributed by atoms with E-state index >= 15 is 0 Å². The number of aryl methyl sites for hydroxylation is 1. The summed E-state index contributed by atoms with van der Waals surface area (Å²) < 4.78 is 5.48. The first-order valence-corrected chi connectivity index (χ1v) is 5.33. The number of hydrogen-bond donors (Lipinski definition) is 1. The van der Waals surface area contributed by atoms with Gasteiger partial charge in [0.2, 0.25) is 0 Å². The first kappa shape index (κ1) is 12.2. The lowest BCUT2D eigenvalue weighted by Gasteiger charge is -2.16. The zero-order chi connectivity index (χ0) is 11.3. The molecule has 0 heterocycles. The van der Waals surface area contributed by atoms with Gasteiger partial charge in [-0.25, -0.2) is 0 Å². The molecule has 84 valence electrons. The summed E-state index contributed by atoms with van der Waals surface area (Å²) in [7, 11) is 0. The molecule has 1 aromatic carbocycles. The van der Waals surface area contributed by atoms with Gasteiger partial charge in [0.15, 0.2) is 0 Å². The largest absolute Gasteiger partial charge is 0.390 e. The second-order valence-corrected chi connectivity index (χ2v) is 4.60. The van der Waals surface area contributed by atoms with Crippen molar-refractivity contribution in [1.29, 1.82) is 0 Å². The topological polar surface area (TPSA) is 29.5 Å². The molecule has 0 aliphatic heterocycles. The molecular formula is C13H20O2. The SMILES string of the molecule is Cc1ccc(COCCC(C)(C)O)cc1. The van der Waals surface area contributed by atoms with Crippen molar-refractivity contribution in [2.24, 2.45) is 0 Å². The lowest BCUT2D eigenvalue weighted by atomic mass is 10.1. The highest BCUT2D eigenvalue weighted by atomic mass is 16.5. The van der Waals surface area contributed by atoms with Crippen LogP contribution >= 0.6 is 0 Å². The summed E-state index contributed by atoms with van der Waals surface area (Å²) in [6.07, 6.45) is 0.666. The molecule has 0 bridgehead atoms. The molecule has 2 heteroatoms. The van der Waals surface area contributed by atoms with Gasteiger partial charge in [0.25, 0.3) is 0 Å². The van der Waals surface area contributed by atoms with E-state index in [0.717, 1.165) is 0 Å². The fourth-order valence-corrected chi connectivity index (χ4v) is 1.20. The maximum atomic E-state index is 9.47. The van der Waals surface area contributed by atoms with Crippen LogP contribution in [0.1, 0.15) is 31.4 Å². The Labute approximate surface area is 91.9 Å². The van der Waals surface area contributed by atoms with Crippen molar-refractivity contribution in [1.82, 2.24) is 0 Å². The van der Waals surface area contributed by atoms with Gasteiger partial charge in [-0.3, -0.25) is 0 Å². The van der Waals surface area contributed by atoms with E-state index in [1.54, 1.807) is 13.8 Å². The minimum absolute atomic E-state index is 0.595. The van der Waals surface area contributed by atoms with Gasteiger partial charge in [-0.05, 0) is 32.8 Å². The van der Waals surface area contributed by atoms with Crippen molar-refractivity contribution in [3.8, 4) is 0 Å². The van der Waals surface area contributed by atoms with Crippen LogP contribution in [-0.2, 0) is 11.3 Å². The molecule has 0 spiro atoms. The molecule has 1 N–H and O–H groups in total. The molecule has 0 aromatic heterocycles. The van der Waals surface area contributed by atoms with Crippen LogP contribution in [0.2, 0.25) is 0 Å². The average molecular weight is 208 g/mol. The average Bonchev–Trinajstić information content (AvgIpc) is 2.14. The highest BCUT2D eigenvalue weighted by molar-refractivity contribution is 5.20. The Morgan fingerprint density at radius 3 is 2.33 bits per heavy atom. The number of ether oxygens (including phenoxy) is 1. The Morgan fingerprint density at radius 1 is 1.20 bits per heavy atom. The molecule has 0 unspecified atom stereocenters. The monoisotopic (exact) mass is 208 g/mol. The molecule has 0 aliphatic rings. The fourth-order valence-electron chi connectivity index (χ4n) is 1.20. The summed E-state index contributed by atoms with van der Waals surface area (Å²) in [4.78, 5) is 0. The maximum absolute atomic E-state index is 9.47. The summed E-state index contributed by atoms with van der Waals surface area (Å²) in [6, 6.07) is 8.29. The van der Waals surface area contributed by atoms with E-state index in [0.29, 0.717) is 19.6 Å².